The Kier molecular flexibility index (Phi) is 13.6. The summed E-state index contributed by atoms with van der Waals surface area (Å²) in [6.45, 7) is 2.57. The fourth-order valence-electron chi connectivity index (χ4n) is 3.89. The molecule has 0 aliphatic rings. The van der Waals surface area contributed by atoms with Crippen molar-refractivity contribution in [2.24, 2.45) is 5.73 Å². The number of rotatable bonds is 18. The first-order valence-electron chi connectivity index (χ1n) is 14.1. The van der Waals surface area contributed by atoms with Crippen molar-refractivity contribution >= 4 is 35.0 Å². The quantitative estimate of drug-likeness (QED) is 0.127. The van der Waals surface area contributed by atoms with Gasteiger partial charge in [0, 0.05) is 62.4 Å². The standard InChI is InChI=1S/C28H36N10O6/c1-18(10-14-39)44-15-13-32-24(41)5-3-7-26(43)34-22-17-31-12-9-20(22)28-37-35-27(36-38-28)19-8-11-30-16-21(19)33-25(42)6-2-4-23(29)40/h8-9,11-12,16-18,39H,2-7,10,13-15H2,1H3,(H2,29,40)(H,32,41)(H,33,42)(H,34,43). The molecule has 0 aliphatic carbocycles. The minimum Gasteiger partial charge on any atom is -0.396 e. The SMILES string of the molecule is CC(CCO)OCCNC(=O)CCCC(=O)Nc1cnccc1-c1nnc(-c2ccncc2NC(=O)CCCC(N)=O)nn1. The second-order valence-electron chi connectivity index (χ2n) is 9.70. The van der Waals surface area contributed by atoms with Crippen molar-refractivity contribution in [3.05, 3.63) is 36.9 Å². The Morgan fingerprint density at radius 1 is 0.818 bits per heavy atom. The average molecular weight is 609 g/mol. The highest BCUT2D eigenvalue weighted by Crippen LogP contribution is 2.26. The van der Waals surface area contributed by atoms with Gasteiger partial charge in [-0.15, -0.1) is 20.4 Å². The molecule has 0 aromatic carbocycles. The van der Waals surface area contributed by atoms with Crippen LogP contribution in [0.5, 0.6) is 0 Å². The van der Waals surface area contributed by atoms with Crippen LogP contribution in [0, 0.1) is 0 Å². The number of aliphatic hydroxyl groups is 1. The summed E-state index contributed by atoms with van der Waals surface area (Å²) in [6, 6.07) is 3.21. The molecule has 3 aromatic heterocycles. The molecule has 4 amide bonds. The molecule has 0 aliphatic heterocycles. The minimum atomic E-state index is -0.481. The van der Waals surface area contributed by atoms with E-state index in [1.165, 1.54) is 24.8 Å². The van der Waals surface area contributed by atoms with Crippen LogP contribution in [0.1, 0.15) is 51.9 Å². The number of aromatic nitrogens is 6. The summed E-state index contributed by atoms with van der Waals surface area (Å²) in [6.07, 6.45) is 7.45. The van der Waals surface area contributed by atoms with Crippen LogP contribution < -0.4 is 21.7 Å². The molecule has 234 valence electrons. The summed E-state index contributed by atoms with van der Waals surface area (Å²) >= 11 is 0. The van der Waals surface area contributed by atoms with E-state index in [9.17, 15) is 19.2 Å². The molecule has 3 rings (SSSR count). The highest BCUT2D eigenvalue weighted by Gasteiger charge is 2.16. The van der Waals surface area contributed by atoms with Crippen LogP contribution in [0.25, 0.3) is 22.8 Å². The first-order valence-corrected chi connectivity index (χ1v) is 14.1. The molecular weight excluding hydrogens is 572 g/mol. The van der Waals surface area contributed by atoms with Gasteiger partial charge in [0.2, 0.25) is 35.3 Å². The molecule has 0 saturated heterocycles. The number of aliphatic hydroxyl groups excluding tert-OH is 1. The van der Waals surface area contributed by atoms with Crippen molar-refractivity contribution in [1.29, 1.82) is 0 Å². The van der Waals surface area contributed by atoms with E-state index in [-0.39, 0.29) is 67.8 Å². The Hall–Kier alpha value is -4.96. The van der Waals surface area contributed by atoms with Gasteiger partial charge >= 0.3 is 0 Å². The maximum absolute atomic E-state index is 12.6. The fraction of sp³-hybridized carbons (Fsp3) is 0.429. The lowest BCUT2D eigenvalue weighted by molar-refractivity contribution is -0.122. The zero-order valence-corrected chi connectivity index (χ0v) is 24.4. The van der Waals surface area contributed by atoms with E-state index in [2.05, 4.69) is 46.3 Å². The van der Waals surface area contributed by atoms with Crippen molar-refractivity contribution in [3.8, 4) is 22.8 Å². The average Bonchev–Trinajstić information content (AvgIpc) is 3.00. The number of nitrogens with zero attached hydrogens (tertiary/aromatic N) is 6. The Morgan fingerprint density at radius 3 is 1.82 bits per heavy atom. The minimum absolute atomic E-state index is 0.0434. The topological polar surface area (TPSA) is 237 Å². The zero-order valence-electron chi connectivity index (χ0n) is 24.4. The molecule has 44 heavy (non-hydrogen) atoms. The number of carbonyl (C=O) groups is 4. The molecule has 3 heterocycles. The molecule has 1 atom stereocenters. The Bertz CT molecular complexity index is 1410. The van der Waals surface area contributed by atoms with E-state index in [0.717, 1.165) is 0 Å². The number of nitrogens with two attached hydrogens (primary N) is 1. The van der Waals surface area contributed by atoms with E-state index in [4.69, 9.17) is 15.6 Å². The number of anilines is 2. The number of pyridine rings is 2. The van der Waals surface area contributed by atoms with Crippen LogP contribution in [0.4, 0.5) is 11.4 Å². The second kappa shape index (κ2) is 17.9. The number of amides is 4. The van der Waals surface area contributed by atoms with E-state index < -0.39 is 5.91 Å². The van der Waals surface area contributed by atoms with Crippen LogP contribution in [-0.4, -0.2) is 85.0 Å². The first-order chi connectivity index (χ1) is 21.3. The maximum Gasteiger partial charge on any atom is 0.224 e. The van der Waals surface area contributed by atoms with Crippen molar-refractivity contribution in [3.63, 3.8) is 0 Å². The monoisotopic (exact) mass is 608 g/mol. The smallest absolute Gasteiger partial charge is 0.224 e. The van der Waals surface area contributed by atoms with Gasteiger partial charge < -0.3 is 31.5 Å². The van der Waals surface area contributed by atoms with Crippen molar-refractivity contribution in [2.45, 2.75) is 58.0 Å². The van der Waals surface area contributed by atoms with E-state index >= 15 is 0 Å². The van der Waals surface area contributed by atoms with Gasteiger partial charge in [-0.05, 0) is 38.3 Å². The summed E-state index contributed by atoms with van der Waals surface area (Å²) in [5, 5.41) is 33.7. The number of ether oxygens (including phenoxy) is 1. The van der Waals surface area contributed by atoms with Gasteiger partial charge in [0.15, 0.2) is 0 Å². The summed E-state index contributed by atoms with van der Waals surface area (Å²) < 4.78 is 5.46. The fourth-order valence-corrected chi connectivity index (χ4v) is 3.89. The number of hydrogen-bond acceptors (Lipinski definition) is 12. The molecule has 3 aromatic rings. The van der Waals surface area contributed by atoms with Gasteiger partial charge in [-0.2, -0.15) is 0 Å². The predicted octanol–water partition coefficient (Wildman–Crippen LogP) is 0.997. The van der Waals surface area contributed by atoms with Crippen LogP contribution >= 0.6 is 0 Å². The highest BCUT2D eigenvalue weighted by atomic mass is 16.5. The Balaban J connectivity index is 1.54. The normalized spacial score (nSPS) is 11.4. The molecule has 0 fully saturated rings. The Labute approximate surface area is 253 Å². The molecule has 6 N–H and O–H groups in total. The molecule has 1 unspecified atom stereocenters. The van der Waals surface area contributed by atoms with Crippen LogP contribution in [0.15, 0.2) is 36.9 Å². The molecule has 0 bridgehead atoms. The van der Waals surface area contributed by atoms with Crippen LogP contribution in [-0.2, 0) is 23.9 Å². The second-order valence-corrected chi connectivity index (χ2v) is 9.70. The van der Waals surface area contributed by atoms with E-state index in [1.54, 1.807) is 12.1 Å². The van der Waals surface area contributed by atoms with Crippen LogP contribution in [0.3, 0.4) is 0 Å². The van der Waals surface area contributed by atoms with Gasteiger partial charge in [-0.25, -0.2) is 0 Å². The number of hydrogen-bond donors (Lipinski definition) is 5. The lowest BCUT2D eigenvalue weighted by Gasteiger charge is -2.12. The van der Waals surface area contributed by atoms with Gasteiger partial charge in [-0.3, -0.25) is 29.1 Å². The first kappa shape index (κ1) is 33.5. The van der Waals surface area contributed by atoms with E-state index in [1.807, 2.05) is 6.92 Å². The third-order valence-corrected chi connectivity index (χ3v) is 6.15. The summed E-state index contributed by atoms with van der Waals surface area (Å²) in [7, 11) is 0. The third-order valence-electron chi connectivity index (χ3n) is 6.15. The molecule has 0 radical (unpaired) electrons. The van der Waals surface area contributed by atoms with Gasteiger partial charge in [0.1, 0.15) is 0 Å². The van der Waals surface area contributed by atoms with E-state index in [0.29, 0.717) is 54.9 Å². The number of nitrogens with one attached hydrogen (secondary N) is 3. The largest absolute Gasteiger partial charge is 0.396 e. The predicted molar refractivity (Wildman–Crippen MR) is 158 cm³/mol. The summed E-state index contributed by atoms with van der Waals surface area (Å²) in [5.74, 6) is -1.06. The summed E-state index contributed by atoms with van der Waals surface area (Å²) in [4.78, 5) is 55.9. The molecule has 0 spiro atoms. The van der Waals surface area contributed by atoms with Crippen LogP contribution in [0.2, 0.25) is 0 Å². The lowest BCUT2D eigenvalue weighted by atomic mass is 10.2. The van der Waals surface area contributed by atoms with Gasteiger partial charge in [0.25, 0.3) is 0 Å². The Morgan fingerprint density at radius 2 is 1.32 bits per heavy atom. The van der Waals surface area contributed by atoms with Crippen molar-refractivity contribution in [2.75, 3.05) is 30.4 Å². The molecule has 0 saturated carbocycles. The summed E-state index contributed by atoms with van der Waals surface area (Å²) in [5.41, 5.74) is 6.69. The third kappa shape index (κ3) is 11.4. The highest BCUT2D eigenvalue weighted by molar-refractivity contribution is 5.95. The molecule has 16 heteroatoms. The molecular formula is C28H36N10O6. The maximum atomic E-state index is 12.6. The lowest BCUT2D eigenvalue weighted by Crippen LogP contribution is -2.28. The van der Waals surface area contributed by atoms with Crippen molar-refractivity contribution in [1.82, 2.24) is 35.7 Å². The zero-order chi connectivity index (χ0) is 31.7. The van der Waals surface area contributed by atoms with Gasteiger partial charge in [0.05, 0.1) is 36.5 Å². The number of primary amides is 1. The number of carbonyl (C=O) groups excluding carboxylic acids is 4. The molecule has 16 nitrogen and oxygen atoms in total. The van der Waals surface area contributed by atoms with Gasteiger partial charge in [-0.1, -0.05) is 0 Å². The van der Waals surface area contributed by atoms with Crippen molar-refractivity contribution < 1.29 is 29.0 Å².